The number of rotatable bonds is 32. The summed E-state index contributed by atoms with van der Waals surface area (Å²) in [4.78, 5) is 0. The molecule has 14 heteroatoms. The van der Waals surface area contributed by atoms with Crippen molar-refractivity contribution in [1.29, 1.82) is 0 Å². The van der Waals surface area contributed by atoms with E-state index < -0.39 is 53.5 Å². The first kappa shape index (κ1) is 63.4. The van der Waals surface area contributed by atoms with Crippen LogP contribution in [0.25, 0.3) is 0 Å². The van der Waals surface area contributed by atoms with Crippen LogP contribution in [-0.2, 0) is 36.3 Å². The zero-order valence-corrected chi connectivity index (χ0v) is 54.1. The van der Waals surface area contributed by atoms with Gasteiger partial charge < -0.3 is 36.3 Å². The van der Waals surface area contributed by atoms with Gasteiger partial charge in [-0.25, -0.2) is 0 Å². The van der Waals surface area contributed by atoms with Crippen LogP contribution in [0.3, 0.4) is 0 Å². The van der Waals surface area contributed by atoms with E-state index in [1.165, 1.54) is 23.7 Å². The van der Waals surface area contributed by atoms with E-state index in [0.717, 1.165) is 91.1 Å². The lowest BCUT2D eigenvalue weighted by atomic mass is 9.78. The molecule has 2 aliphatic rings. The van der Waals surface area contributed by atoms with Crippen LogP contribution in [0.5, 0.6) is 0 Å². The Hall–Kier alpha value is 1.23. The second-order valence-corrected chi connectivity index (χ2v) is 46.7. The highest BCUT2D eigenvalue weighted by Gasteiger charge is 2.61. The minimum atomic E-state index is -2.33. The summed E-state index contributed by atoms with van der Waals surface area (Å²) in [5.74, 6) is -0.997. The van der Waals surface area contributed by atoms with Crippen molar-refractivity contribution < 1.29 is 36.3 Å². The lowest BCUT2D eigenvalue weighted by Gasteiger charge is -2.58. The molecule has 0 saturated carbocycles. The fourth-order valence-electron chi connectivity index (χ4n) is 10.9. The second kappa shape index (κ2) is 28.1. The fraction of sp³-hybridized carbons (Fsp3) is 0.962. The molecule has 0 amide bonds. The predicted octanol–water partition coefficient (Wildman–Crippen LogP) is 16.3. The van der Waals surface area contributed by atoms with Gasteiger partial charge in [0, 0.05) is 36.4 Å². The van der Waals surface area contributed by atoms with Gasteiger partial charge in [0.05, 0.1) is 36.6 Å². The Balaban J connectivity index is 3.01. The van der Waals surface area contributed by atoms with Gasteiger partial charge in [-0.15, -0.1) is 0 Å². The molecule has 0 bridgehead atoms. The number of methoxy groups -OCH3 is 1. The van der Waals surface area contributed by atoms with Crippen molar-refractivity contribution in [3.05, 3.63) is 12.2 Å². The van der Waals surface area contributed by atoms with Crippen LogP contribution in [0, 0.1) is 11.8 Å². The molecule has 0 aromatic carbocycles. The molecular weight excluding hydrogens is 1020 g/mol. The van der Waals surface area contributed by atoms with Gasteiger partial charge in [-0.3, -0.25) is 0 Å². The van der Waals surface area contributed by atoms with Gasteiger partial charge in [0.2, 0.25) is 0 Å². The van der Waals surface area contributed by atoms with Crippen molar-refractivity contribution in [1.82, 2.24) is 0 Å². The van der Waals surface area contributed by atoms with E-state index in [4.69, 9.17) is 36.3 Å². The van der Waals surface area contributed by atoms with Crippen LogP contribution in [0.2, 0.25) is 90.7 Å². The molecule has 0 aromatic heterocycles. The number of ether oxygens (including phenoxy) is 3. The SMILES string of the molecule is C=C(CI)C[C@H]1O[C@@H]([C@H](O[Si](CC)(CC)CC)[C@@]2(OC)C[C@H](O[Si](C)(C)C(C)(C)C)[C@@H](C)[C@@H](CCCCO[Si](CC)(CC)CC)O2)[C@H](C)[C@@H](O[Si](CC)(CC)CC)[C@@H]1O[Si](CC)(CC)CC. The smallest absolute Gasteiger partial charge is 0.198 e. The first-order chi connectivity index (χ1) is 31.0. The van der Waals surface area contributed by atoms with E-state index in [0.29, 0.717) is 6.42 Å². The Kier molecular flexibility index (Phi) is 26.9. The summed E-state index contributed by atoms with van der Waals surface area (Å²) < 4.78 is 61.5. The van der Waals surface area contributed by atoms with Gasteiger partial charge in [0.1, 0.15) is 6.10 Å². The molecule has 0 N–H and O–H groups in total. The molecule has 2 fully saturated rings. The number of alkyl halides is 1. The van der Waals surface area contributed by atoms with E-state index in [1.54, 1.807) is 0 Å². The highest BCUT2D eigenvalue weighted by molar-refractivity contribution is 14.1. The fourth-order valence-corrected chi connectivity index (χ4v) is 23.9. The first-order valence-electron chi connectivity index (χ1n) is 27.4. The summed E-state index contributed by atoms with van der Waals surface area (Å²) in [5, 5.41) is 0.0451. The van der Waals surface area contributed by atoms with Crippen LogP contribution < -0.4 is 0 Å². The van der Waals surface area contributed by atoms with E-state index in [-0.39, 0.29) is 53.5 Å². The van der Waals surface area contributed by atoms with Crippen molar-refractivity contribution in [2.45, 2.75) is 289 Å². The molecule has 10 atom stereocenters. The van der Waals surface area contributed by atoms with E-state index in [9.17, 15) is 0 Å². The van der Waals surface area contributed by atoms with Crippen LogP contribution in [-0.4, -0.2) is 108 Å². The third-order valence-corrected chi connectivity index (χ3v) is 42.4. The van der Waals surface area contributed by atoms with Crippen molar-refractivity contribution in [2.24, 2.45) is 11.8 Å². The summed E-state index contributed by atoms with van der Waals surface area (Å²) in [6.07, 6.45) is 2.61. The topological polar surface area (TPSA) is 73.8 Å². The maximum absolute atomic E-state index is 8.02. The Morgan fingerprint density at radius 3 is 1.56 bits per heavy atom. The minimum absolute atomic E-state index is 0.0451. The van der Waals surface area contributed by atoms with Crippen LogP contribution >= 0.6 is 22.6 Å². The first-order valence-corrected chi connectivity index (χ1v) is 42.0. The largest absolute Gasteiger partial charge is 0.417 e. The van der Waals surface area contributed by atoms with Crippen LogP contribution in [0.1, 0.15) is 150 Å². The zero-order chi connectivity index (χ0) is 50.4. The maximum atomic E-state index is 8.02. The lowest BCUT2D eigenvalue weighted by molar-refractivity contribution is -0.353. The van der Waals surface area contributed by atoms with Gasteiger partial charge in [-0.2, -0.15) is 0 Å². The summed E-state index contributed by atoms with van der Waals surface area (Å²) in [6.45, 7) is 50.1. The van der Waals surface area contributed by atoms with Gasteiger partial charge in [-0.05, 0) is 116 Å². The van der Waals surface area contributed by atoms with Gasteiger partial charge >= 0.3 is 0 Å². The van der Waals surface area contributed by atoms with E-state index in [1.807, 2.05) is 7.11 Å². The number of unbranched alkanes of at least 4 members (excludes halogenated alkanes) is 1. The third kappa shape index (κ3) is 15.4. The molecule has 2 heterocycles. The Bertz CT molecular complexity index is 1350. The predicted molar refractivity (Wildman–Crippen MR) is 304 cm³/mol. The normalized spacial score (nSPS) is 27.9. The molecular formula is C52H109IO8Si5. The van der Waals surface area contributed by atoms with Crippen LogP contribution in [0.4, 0.5) is 0 Å². The standard InChI is InChI=1S/C52H109IO8Si5/c1-22-63(23-2,24-3)55-37-35-34-36-44-42(14)46(58-62(20,21)51(16,17)18)39-52(54-19,57-44)50(61-66(31-10,32-11)33-12)48-43(15)47(59-64(25-4,26-5)27-6)49(45(56-48)38-41(13)40-53)60-65(28-7,29-8)30-9/h42-50H,13,22-40H2,1-12,14-21H3/t42-,43+,44+,45+,46-,47+,48+,49+,50-,52+/m0/s1. The molecule has 0 spiro atoms. The molecule has 0 aliphatic carbocycles. The average molecular weight is 1130 g/mol. The van der Waals surface area contributed by atoms with Crippen molar-refractivity contribution >= 4 is 64.2 Å². The van der Waals surface area contributed by atoms with Crippen molar-refractivity contribution in [3.63, 3.8) is 0 Å². The summed E-state index contributed by atoms with van der Waals surface area (Å²) >= 11 is 2.47. The summed E-state index contributed by atoms with van der Waals surface area (Å²) in [7, 11) is -8.62. The highest BCUT2D eigenvalue weighted by Crippen LogP contribution is 2.50. The van der Waals surface area contributed by atoms with Crippen molar-refractivity contribution in [3.8, 4) is 0 Å². The molecule has 66 heavy (non-hydrogen) atoms. The molecule has 8 nitrogen and oxygen atoms in total. The van der Waals surface area contributed by atoms with Gasteiger partial charge in [0.15, 0.2) is 47.4 Å². The van der Waals surface area contributed by atoms with Crippen molar-refractivity contribution in [2.75, 3.05) is 18.1 Å². The van der Waals surface area contributed by atoms with Gasteiger partial charge in [-0.1, -0.05) is 152 Å². The molecule has 0 aromatic rings. The molecule has 2 rings (SSSR count). The second-order valence-electron chi connectivity index (χ2n) is 22.3. The zero-order valence-electron chi connectivity index (χ0n) is 47.0. The third-order valence-electron chi connectivity index (χ3n) is 18.2. The molecule has 2 saturated heterocycles. The number of halogens is 1. The summed E-state index contributed by atoms with van der Waals surface area (Å²) in [6, 6.07) is 13.0. The number of hydrogen-bond donors (Lipinski definition) is 0. The molecule has 392 valence electrons. The Labute approximate surface area is 428 Å². The Morgan fingerprint density at radius 1 is 0.667 bits per heavy atom. The minimum Gasteiger partial charge on any atom is -0.417 e. The lowest BCUT2D eigenvalue weighted by Crippen LogP contribution is -2.70. The van der Waals surface area contributed by atoms with E-state index in [2.05, 4.69) is 160 Å². The quantitative estimate of drug-likeness (QED) is 0.0217. The summed E-state index contributed by atoms with van der Waals surface area (Å²) in [5.41, 5.74) is 1.17. The molecule has 0 radical (unpaired) electrons. The maximum Gasteiger partial charge on any atom is 0.198 e. The number of hydrogen-bond acceptors (Lipinski definition) is 8. The molecule has 0 unspecified atom stereocenters. The van der Waals surface area contributed by atoms with E-state index >= 15 is 0 Å². The van der Waals surface area contributed by atoms with Crippen LogP contribution in [0.15, 0.2) is 12.2 Å². The molecule has 2 aliphatic heterocycles. The van der Waals surface area contributed by atoms with Gasteiger partial charge in [0.25, 0.3) is 0 Å². The highest BCUT2D eigenvalue weighted by atomic mass is 127. The Morgan fingerprint density at radius 2 is 1.14 bits per heavy atom. The average Bonchev–Trinajstić information content (AvgIpc) is 3.31. The monoisotopic (exact) mass is 1130 g/mol.